The van der Waals surface area contributed by atoms with Gasteiger partial charge < -0.3 is 15.0 Å². The third-order valence-electron chi connectivity index (χ3n) is 3.13. The number of nitrogens with one attached hydrogen (secondary N) is 1. The Morgan fingerprint density at radius 2 is 2.16 bits per heavy atom. The zero-order valence-electron chi connectivity index (χ0n) is 12.3. The predicted molar refractivity (Wildman–Crippen MR) is 77.3 cm³/mol. The van der Waals surface area contributed by atoms with E-state index >= 15 is 0 Å². The number of carbonyl (C=O) groups is 1. The van der Waals surface area contributed by atoms with E-state index in [2.05, 4.69) is 31.1 Å². The topological polar surface area (TPSA) is 41.6 Å². The molecular weight excluding hydrogens is 240 g/mol. The molecule has 0 aliphatic heterocycles. The molecular formula is C15H24N2O2. The van der Waals surface area contributed by atoms with Gasteiger partial charge in [-0.15, -0.1) is 0 Å². The molecule has 0 saturated carbocycles. The van der Waals surface area contributed by atoms with Crippen LogP contribution in [0.4, 0.5) is 0 Å². The van der Waals surface area contributed by atoms with E-state index in [1.54, 1.807) is 7.11 Å². The molecule has 0 spiro atoms. The van der Waals surface area contributed by atoms with Crippen LogP contribution in [0.25, 0.3) is 0 Å². The number of benzene rings is 1. The Hall–Kier alpha value is -1.39. The summed E-state index contributed by atoms with van der Waals surface area (Å²) in [6.45, 7) is 6.30. The molecule has 0 atom stereocenters. The van der Waals surface area contributed by atoms with Crippen molar-refractivity contribution in [1.82, 2.24) is 10.2 Å². The zero-order valence-corrected chi connectivity index (χ0v) is 12.3. The van der Waals surface area contributed by atoms with Crippen LogP contribution in [-0.4, -0.2) is 44.1 Å². The normalized spacial score (nSPS) is 11.1. The number of carbonyl (C=O) groups excluding carboxylic acids is 1. The van der Waals surface area contributed by atoms with E-state index in [0.717, 1.165) is 12.1 Å². The van der Waals surface area contributed by atoms with Crippen molar-refractivity contribution in [3.05, 3.63) is 35.4 Å². The van der Waals surface area contributed by atoms with Crippen LogP contribution in [0.2, 0.25) is 0 Å². The van der Waals surface area contributed by atoms with Crippen LogP contribution in [0.5, 0.6) is 0 Å². The second kappa shape index (κ2) is 7.92. The maximum atomic E-state index is 12.0. The molecule has 0 bridgehead atoms. The number of hydrogen-bond donors (Lipinski definition) is 1. The second-order valence-corrected chi connectivity index (χ2v) is 4.96. The number of amides is 1. The first kappa shape index (κ1) is 15.7. The highest BCUT2D eigenvalue weighted by Gasteiger charge is 2.07. The number of nitrogens with zero attached hydrogens (tertiary/aromatic N) is 1. The maximum absolute atomic E-state index is 12.0. The fourth-order valence-corrected chi connectivity index (χ4v) is 1.68. The average molecular weight is 264 g/mol. The first-order valence-corrected chi connectivity index (χ1v) is 6.61. The summed E-state index contributed by atoms with van der Waals surface area (Å²) < 4.78 is 5.06. The van der Waals surface area contributed by atoms with Crippen molar-refractivity contribution >= 4 is 5.91 Å². The van der Waals surface area contributed by atoms with Gasteiger partial charge in [0, 0.05) is 31.8 Å². The lowest BCUT2D eigenvalue weighted by Crippen LogP contribution is -2.36. The SMILES string of the molecule is COCc1cccc(C(=O)NCCN(C)C(C)C)c1. The molecule has 0 unspecified atom stereocenters. The first-order valence-electron chi connectivity index (χ1n) is 6.61. The molecule has 0 saturated heterocycles. The van der Waals surface area contributed by atoms with Crippen molar-refractivity contribution in [1.29, 1.82) is 0 Å². The van der Waals surface area contributed by atoms with E-state index < -0.39 is 0 Å². The monoisotopic (exact) mass is 264 g/mol. The van der Waals surface area contributed by atoms with Crippen LogP contribution in [0.1, 0.15) is 29.8 Å². The lowest BCUT2D eigenvalue weighted by atomic mass is 10.1. The Labute approximate surface area is 115 Å². The summed E-state index contributed by atoms with van der Waals surface area (Å²) in [6.07, 6.45) is 0. The van der Waals surface area contributed by atoms with Crippen molar-refractivity contribution in [2.45, 2.75) is 26.5 Å². The minimum atomic E-state index is -0.0323. The summed E-state index contributed by atoms with van der Waals surface area (Å²) in [4.78, 5) is 14.2. The summed E-state index contributed by atoms with van der Waals surface area (Å²) >= 11 is 0. The fourth-order valence-electron chi connectivity index (χ4n) is 1.68. The fraction of sp³-hybridized carbons (Fsp3) is 0.533. The summed E-state index contributed by atoms with van der Waals surface area (Å²) in [5.74, 6) is -0.0323. The van der Waals surface area contributed by atoms with Crippen molar-refractivity contribution in [2.75, 3.05) is 27.2 Å². The van der Waals surface area contributed by atoms with Gasteiger partial charge in [0.25, 0.3) is 5.91 Å². The van der Waals surface area contributed by atoms with Gasteiger partial charge in [0.05, 0.1) is 6.61 Å². The van der Waals surface area contributed by atoms with E-state index in [-0.39, 0.29) is 5.91 Å². The Bertz CT molecular complexity index is 405. The highest BCUT2D eigenvalue weighted by molar-refractivity contribution is 5.94. The summed E-state index contributed by atoms with van der Waals surface area (Å²) in [7, 11) is 3.70. The molecule has 106 valence electrons. The molecule has 4 nitrogen and oxygen atoms in total. The third kappa shape index (κ3) is 5.41. The maximum Gasteiger partial charge on any atom is 0.251 e. The number of hydrogen-bond acceptors (Lipinski definition) is 3. The minimum absolute atomic E-state index is 0.0323. The molecule has 0 aliphatic rings. The van der Waals surface area contributed by atoms with Gasteiger partial charge in [0.1, 0.15) is 0 Å². The van der Waals surface area contributed by atoms with Crippen LogP contribution in [-0.2, 0) is 11.3 Å². The quantitative estimate of drug-likeness (QED) is 0.818. The highest BCUT2D eigenvalue weighted by atomic mass is 16.5. The number of rotatable bonds is 7. The minimum Gasteiger partial charge on any atom is -0.380 e. The van der Waals surface area contributed by atoms with Crippen molar-refractivity contribution < 1.29 is 9.53 Å². The highest BCUT2D eigenvalue weighted by Crippen LogP contribution is 2.06. The van der Waals surface area contributed by atoms with Gasteiger partial charge in [-0.1, -0.05) is 12.1 Å². The summed E-state index contributed by atoms with van der Waals surface area (Å²) in [5, 5.41) is 2.93. The van der Waals surface area contributed by atoms with Crippen LogP contribution in [0.3, 0.4) is 0 Å². The van der Waals surface area contributed by atoms with E-state index in [1.807, 2.05) is 24.3 Å². The molecule has 1 aromatic rings. The van der Waals surface area contributed by atoms with Crippen molar-refractivity contribution in [3.63, 3.8) is 0 Å². The molecule has 1 amide bonds. The van der Waals surface area contributed by atoms with Crippen LogP contribution in [0.15, 0.2) is 24.3 Å². The Balaban J connectivity index is 2.47. The molecule has 0 aromatic heterocycles. The van der Waals surface area contributed by atoms with Gasteiger partial charge in [-0.2, -0.15) is 0 Å². The second-order valence-electron chi connectivity index (χ2n) is 4.96. The molecule has 1 rings (SSSR count). The number of methoxy groups -OCH3 is 1. The standard InChI is InChI=1S/C15H24N2O2/c1-12(2)17(3)9-8-16-15(18)14-7-5-6-13(10-14)11-19-4/h5-7,10,12H,8-9,11H2,1-4H3,(H,16,18). The van der Waals surface area contributed by atoms with Crippen molar-refractivity contribution in [3.8, 4) is 0 Å². The van der Waals surface area contributed by atoms with Crippen LogP contribution < -0.4 is 5.32 Å². The molecule has 1 aromatic carbocycles. The molecule has 0 radical (unpaired) electrons. The van der Waals surface area contributed by atoms with Gasteiger partial charge in [0.2, 0.25) is 0 Å². The average Bonchev–Trinajstić information content (AvgIpc) is 2.39. The smallest absolute Gasteiger partial charge is 0.251 e. The molecule has 0 heterocycles. The van der Waals surface area contributed by atoms with E-state index in [9.17, 15) is 4.79 Å². The Morgan fingerprint density at radius 1 is 1.42 bits per heavy atom. The van der Waals surface area contributed by atoms with E-state index in [0.29, 0.717) is 24.8 Å². The van der Waals surface area contributed by atoms with Gasteiger partial charge in [-0.25, -0.2) is 0 Å². The lowest BCUT2D eigenvalue weighted by molar-refractivity contribution is 0.0947. The van der Waals surface area contributed by atoms with Gasteiger partial charge in [-0.3, -0.25) is 4.79 Å². The predicted octanol–water partition coefficient (Wildman–Crippen LogP) is 1.90. The molecule has 0 fully saturated rings. The Kier molecular flexibility index (Phi) is 6.53. The largest absolute Gasteiger partial charge is 0.380 e. The number of ether oxygens (including phenoxy) is 1. The summed E-state index contributed by atoms with van der Waals surface area (Å²) in [6, 6.07) is 8.00. The van der Waals surface area contributed by atoms with Gasteiger partial charge in [0.15, 0.2) is 0 Å². The molecule has 1 N–H and O–H groups in total. The molecule has 19 heavy (non-hydrogen) atoms. The third-order valence-corrected chi connectivity index (χ3v) is 3.13. The van der Waals surface area contributed by atoms with Gasteiger partial charge >= 0.3 is 0 Å². The van der Waals surface area contributed by atoms with Crippen molar-refractivity contribution in [2.24, 2.45) is 0 Å². The first-order chi connectivity index (χ1) is 9.04. The van der Waals surface area contributed by atoms with Crippen LogP contribution in [0, 0.1) is 0 Å². The zero-order chi connectivity index (χ0) is 14.3. The summed E-state index contributed by atoms with van der Waals surface area (Å²) in [5.41, 5.74) is 1.69. The lowest BCUT2D eigenvalue weighted by Gasteiger charge is -2.20. The molecule has 0 aliphatic carbocycles. The Morgan fingerprint density at radius 3 is 2.79 bits per heavy atom. The number of likely N-dealkylation sites (N-methyl/N-ethyl adjacent to an activating group) is 1. The van der Waals surface area contributed by atoms with E-state index in [1.165, 1.54) is 0 Å². The van der Waals surface area contributed by atoms with Gasteiger partial charge in [-0.05, 0) is 38.6 Å². The molecule has 4 heteroatoms. The van der Waals surface area contributed by atoms with E-state index in [4.69, 9.17) is 4.74 Å². The van der Waals surface area contributed by atoms with Crippen LogP contribution >= 0.6 is 0 Å².